The molecule has 4 heteroatoms. The Morgan fingerprint density at radius 1 is 1.40 bits per heavy atom. The van der Waals surface area contributed by atoms with E-state index in [0.717, 1.165) is 32.6 Å². The smallest absolute Gasteiger partial charge is 0.0638 e. The van der Waals surface area contributed by atoms with Crippen LogP contribution in [0.1, 0.15) is 19.8 Å². The SMILES string of the molecule is CC(O)CN(C)CC1(CO)CCOCC1. The lowest BCUT2D eigenvalue weighted by atomic mass is 9.80. The van der Waals surface area contributed by atoms with E-state index in [1.165, 1.54) is 0 Å². The molecule has 1 aliphatic heterocycles. The monoisotopic (exact) mass is 217 g/mol. The van der Waals surface area contributed by atoms with Gasteiger partial charge in [0.25, 0.3) is 0 Å². The number of nitrogens with zero attached hydrogens (tertiary/aromatic N) is 1. The van der Waals surface area contributed by atoms with Gasteiger partial charge in [-0.2, -0.15) is 0 Å². The average Bonchev–Trinajstić information content (AvgIpc) is 2.17. The molecule has 15 heavy (non-hydrogen) atoms. The van der Waals surface area contributed by atoms with Crippen molar-refractivity contribution in [1.82, 2.24) is 4.90 Å². The van der Waals surface area contributed by atoms with Gasteiger partial charge in [-0.25, -0.2) is 0 Å². The van der Waals surface area contributed by atoms with Crippen LogP contribution < -0.4 is 0 Å². The molecule has 0 aromatic rings. The Hall–Kier alpha value is -0.160. The predicted molar refractivity (Wildman–Crippen MR) is 58.7 cm³/mol. The molecular weight excluding hydrogens is 194 g/mol. The topological polar surface area (TPSA) is 52.9 Å². The first kappa shape index (κ1) is 12.9. The molecule has 1 aliphatic rings. The lowest BCUT2D eigenvalue weighted by molar-refractivity contribution is -0.0346. The van der Waals surface area contributed by atoms with Crippen LogP contribution in [-0.2, 0) is 4.74 Å². The molecular formula is C11H23NO3. The Morgan fingerprint density at radius 3 is 2.47 bits per heavy atom. The summed E-state index contributed by atoms with van der Waals surface area (Å²) < 4.78 is 5.31. The maximum atomic E-state index is 9.48. The van der Waals surface area contributed by atoms with Gasteiger partial charge in [0.05, 0.1) is 12.7 Å². The van der Waals surface area contributed by atoms with Crippen molar-refractivity contribution < 1.29 is 14.9 Å². The molecule has 1 atom stereocenters. The third kappa shape index (κ3) is 4.07. The zero-order valence-corrected chi connectivity index (χ0v) is 9.78. The van der Waals surface area contributed by atoms with E-state index in [0.29, 0.717) is 6.54 Å². The first-order valence-electron chi connectivity index (χ1n) is 5.63. The maximum absolute atomic E-state index is 9.48. The number of ether oxygens (including phenoxy) is 1. The van der Waals surface area contributed by atoms with Crippen LogP contribution in [0.4, 0.5) is 0 Å². The van der Waals surface area contributed by atoms with Crippen molar-refractivity contribution in [3.63, 3.8) is 0 Å². The molecule has 0 aromatic carbocycles. The van der Waals surface area contributed by atoms with Crippen LogP contribution in [0.2, 0.25) is 0 Å². The molecule has 1 unspecified atom stereocenters. The van der Waals surface area contributed by atoms with Gasteiger partial charge in [-0.1, -0.05) is 0 Å². The minimum atomic E-state index is -0.314. The number of rotatable bonds is 5. The summed E-state index contributed by atoms with van der Waals surface area (Å²) in [6.07, 6.45) is 1.51. The molecule has 0 bridgehead atoms. The van der Waals surface area contributed by atoms with Gasteiger partial charge < -0.3 is 19.8 Å². The largest absolute Gasteiger partial charge is 0.396 e. The van der Waals surface area contributed by atoms with E-state index in [1.807, 2.05) is 7.05 Å². The van der Waals surface area contributed by atoms with Crippen LogP contribution in [0.5, 0.6) is 0 Å². The third-order valence-corrected chi connectivity index (χ3v) is 3.07. The van der Waals surface area contributed by atoms with E-state index < -0.39 is 0 Å². The van der Waals surface area contributed by atoms with Crippen LogP contribution in [0, 0.1) is 5.41 Å². The van der Waals surface area contributed by atoms with Crippen molar-refractivity contribution in [2.75, 3.05) is 40.0 Å². The van der Waals surface area contributed by atoms with Crippen LogP contribution in [0.15, 0.2) is 0 Å². The zero-order chi connectivity index (χ0) is 11.3. The van der Waals surface area contributed by atoms with Crippen molar-refractivity contribution in [2.24, 2.45) is 5.41 Å². The Balaban J connectivity index is 2.43. The molecule has 0 amide bonds. The number of aliphatic hydroxyl groups excluding tert-OH is 2. The van der Waals surface area contributed by atoms with E-state index in [-0.39, 0.29) is 18.1 Å². The molecule has 0 saturated carbocycles. The molecule has 1 fully saturated rings. The fourth-order valence-corrected chi connectivity index (χ4v) is 2.26. The molecule has 2 N–H and O–H groups in total. The fraction of sp³-hybridized carbons (Fsp3) is 1.00. The van der Waals surface area contributed by atoms with E-state index in [1.54, 1.807) is 6.92 Å². The van der Waals surface area contributed by atoms with Gasteiger partial charge in [0, 0.05) is 31.7 Å². The number of aliphatic hydroxyl groups is 2. The Bertz CT molecular complexity index is 179. The minimum absolute atomic E-state index is 0.0259. The second-order valence-electron chi connectivity index (χ2n) is 4.82. The fourth-order valence-electron chi connectivity index (χ4n) is 2.26. The number of likely N-dealkylation sites (N-methyl/N-ethyl adjacent to an activating group) is 1. The first-order chi connectivity index (χ1) is 7.08. The van der Waals surface area contributed by atoms with E-state index >= 15 is 0 Å². The quantitative estimate of drug-likeness (QED) is 0.685. The summed E-state index contributed by atoms with van der Waals surface area (Å²) in [6, 6.07) is 0. The molecule has 1 heterocycles. The van der Waals surface area contributed by atoms with Gasteiger partial charge in [-0.15, -0.1) is 0 Å². The highest BCUT2D eigenvalue weighted by Crippen LogP contribution is 2.30. The van der Waals surface area contributed by atoms with E-state index in [2.05, 4.69) is 4.90 Å². The molecule has 4 nitrogen and oxygen atoms in total. The normalized spacial score (nSPS) is 23.0. The lowest BCUT2D eigenvalue weighted by Gasteiger charge is -2.38. The van der Waals surface area contributed by atoms with Gasteiger partial charge >= 0.3 is 0 Å². The van der Waals surface area contributed by atoms with Gasteiger partial charge in [-0.3, -0.25) is 0 Å². The summed E-state index contributed by atoms with van der Waals surface area (Å²) in [5, 5.41) is 18.8. The summed E-state index contributed by atoms with van der Waals surface area (Å²) >= 11 is 0. The molecule has 1 saturated heterocycles. The second kappa shape index (κ2) is 5.80. The molecule has 0 radical (unpaired) electrons. The predicted octanol–water partition coefficient (Wildman–Crippen LogP) is 0.0881. The average molecular weight is 217 g/mol. The van der Waals surface area contributed by atoms with Crippen molar-refractivity contribution in [3.8, 4) is 0 Å². The molecule has 90 valence electrons. The molecule has 0 spiro atoms. The van der Waals surface area contributed by atoms with Crippen LogP contribution >= 0.6 is 0 Å². The summed E-state index contributed by atoms with van der Waals surface area (Å²) in [4.78, 5) is 2.09. The highest BCUT2D eigenvalue weighted by Gasteiger charge is 2.33. The summed E-state index contributed by atoms with van der Waals surface area (Å²) in [7, 11) is 1.99. The maximum Gasteiger partial charge on any atom is 0.0638 e. The summed E-state index contributed by atoms with van der Waals surface area (Å²) in [5.41, 5.74) is -0.0259. The van der Waals surface area contributed by atoms with Gasteiger partial charge in [0.1, 0.15) is 0 Å². The van der Waals surface area contributed by atoms with Gasteiger partial charge in [-0.05, 0) is 26.8 Å². The van der Waals surface area contributed by atoms with Crippen LogP contribution in [0.3, 0.4) is 0 Å². The van der Waals surface area contributed by atoms with Crippen LogP contribution in [-0.4, -0.2) is 61.2 Å². The van der Waals surface area contributed by atoms with Crippen molar-refractivity contribution >= 4 is 0 Å². The van der Waals surface area contributed by atoms with Crippen molar-refractivity contribution in [1.29, 1.82) is 0 Å². The van der Waals surface area contributed by atoms with Gasteiger partial charge in [0.2, 0.25) is 0 Å². The number of hydrogen-bond acceptors (Lipinski definition) is 4. The van der Waals surface area contributed by atoms with E-state index in [4.69, 9.17) is 4.74 Å². The Kier molecular flexibility index (Phi) is 4.99. The highest BCUT2D eigenvalue weighted by molar-refractivity contribution is 4.84. The lowest BCUT2D eigenvalue weighted by Crippen LogP contribution is -2.44. The number of hydrogen-bond donors (Lipinski definition) is 2. The van der Waals surface area contributed by atoms with E-state index in [9.17, 15) is 10.2 Å². The second-order valence-corrected chi connectivity index (χ2v) is 4.82. The third-order valence-electron chi connectivity index (χ3n) is 3.07. The summed E-state index contributed by atoms with van der Waals surface area (Å²) in [5.74, 6) is 0. The highest BCUT2D eigenvalue weighted by atomic mass is 16.5. The van der Waals surface area contributed by atoms with Crippen molar-refractivity contribution in [2.45, 2.75) is 25.9 Å². The molecule has 1 rings (SSSR count). The minimum Gasteiger partial charge on any atom is -0.396 e. The molecule has 0 aromatic heterocycles. The first-order valence-corrected chi connectivity index (χ1v) is 5.63. The van der Waals surface area contributed by atoms with Crippen LogP contribution in [0.25, 0.3) is 0 Å². The standard InChI is InChI=1S/C11H23NO3/c1-10(14)7-12(2)8-11(9-13)3-5-15-6-4-11/h10,13-14H,3-9H2,1-2H3. The Morgan fingerprint density at radius 2 is 2.00 bits per heavy atom. The molecule has 0 aliphatic carbocycles. The van der Waals surface area contributed by atoms with Gasteiger partial charge in [0.15, 0.2) is 0 Å². The summed E-state index contributed by atoms with van der Waals surface area (Å²) in [6.45, 7) is 4.96. The zero-order valence-electron chi connectivity index (χ0n) is 9.78. The Labute approximate surface area is 91.8 Å². The van der Waals surface area contributed by atoms with Crippen molar-refractivity contribution in [3.05, 3.63) is 0 Å².